The average molecular weight is 685 g/mol. The van der Waals surface area contributed by atoms with Crippen LogP contribution in [0.3, 0.4) is 0 Å². The van der Waals surface area contributed by atoms with Gasteiger partial charge in [-0.1, -0.05) is 74.5 Å². The summed E-state index contributed by atoms with van der Waals surface area (Å²) in [6, 6.07) is 11.3. The van der Waals surface area contributed by atoms with Crippen LogP contribution in [0, 0.1) is 5.92 Å². The van der Waals surface area contributed by atoms with Gasteiger partial charge in [0.15, 0.2) is 12.1 Å². The SMILES string of the molecule is CC(C)[C@H](NC(=O)[C@H](Cc1ccccc1)NC(=O)[C@@H]([NH3+])CC(N)=O)C(=O)N[C@@H](Cc1ccccc1)C(=O)NCC(=O)N[C@H](C(=O)O)[C@@H](C)O. The summed E-state index contributed by atoms with van der Waals surface area (Å²) in [7, 11) is 0. The van der Waals surface area contributed by atoms with Gasteiger partial charge in [-0.25, -0.2) is 4.79 Å². The van der Waals surface area contributed by atoms with Crippen LogP contribution in [0.4, 0.5) is 0 Å². The van der Waals surface area contributed by atoms with Crippen LogP contribution in [-0.4, -0.2) is 94.5 Å². The van der Waals surface area contributed by atoms with Gasteiger partial charge in [0, 0.05) is 12.8 Å². The lowest BCUT2D eigenvalue weighted by Gasteiger charge is -2.27. The van der Waals surface area contributed by atoms with E-state index in [1.54, 1.807) is 74.5 Å². The molecule has 12 N–H and O–H groups in total. The van der Waals surface area contributed by atoms with E-state index < -0.39 is 90.2 Å². The average Bonchev–Trinajstić information content (AvgIpc) is 3.04. The maximum Gasteiger partial charge on any atom is 0.328 e. The Labute approximate surface area is 283 Å². The van der Waals surface area contributed by atoms with Gasteiger partial charge in [0.1, 0.15) is 18.1 Å². The number of aliphatic hydroxyl groups is 1. The highest BCUT2D eigenvalue weighted by Gasteiger charge is 2.33. The number of nitrogens with two attached hydrogens (primary N) is 1. The van der Waals surface area contributed by atoms with E-state index >= 15 is 0 Å². The number of benzene rings is 2. The molecule has 2 rings (SSSR count). The number of carbonyl (C=O) groups excluding carboxylic acids is 6. The zero-order chi connectivity index (χ0) is 36.7. The molecule has 0 radical (unpaired) electrons. The van der Waals surface area contributed by atoms with E-state index in [4.69, 9.17) is 5.73 Å². The summed E-state index contributed by atoms with van der Waals surface area (Å²) in [4.78, 5) is 88.4. The number of aliphatic carboxylic acids is 1. The predicted octanol–water partition coefficient (Wildman–Crippen LogP) is -2.87. The van der Waals surface area contributed by atoms with Crippen molar-refractivity contribution in [2.24, 2.45) is 11.7 Å². The van der Waals surface area contributed by atoms with Crippen LogP contribution in [0.1, 0.15) is 38.3 Å². The van der Waals surface area contributed by atoms with Crippen LogP contribution >= 0.6 is 0 Å². The van der Waals surface area contributed by atoms with E-state index in [1.165, 1.54) is 6.92 Å². The standard InChI is InChI=1S/C33H45N7O9/c1-18(2)27(40-31(46)24(15-21-12-8-5-9-13-21)37-29(44)22(34)16-25(35)42)32(47)38-23(14-20-10-6-4-7-11-20)30(45)36-17-26(43)39-28(19(3)41)33(48)49/h4-13,18-19,22-24,27-28,41H,14-17,34H2,1-3H3,(H2,35,42)(H,36,45)(H,37,44)(H,38,47)(H,39,43)(H,40,46)(H,48,49)/p+1/t19-,22+,23+,24+,27+,28+/m1/s1. The third kappa shape index (κ3) is 13.7. The second kappa shape index (κ2) is 19.5. The highest BCUT2D eigenvalue weighted by molar-refractivity contribution is 5.96. The number of carboxylic acid groups (broad SMARTS) is 1. The molecular weight excluding hydrogens is 638 g/mol. The number of carbonyl (C=O) groups is 7. The maximum atomic E-state index is 13.7. The van der Waals surface area contributed by atoms with Crippen molar-refractivity contribution in [1.29, 1.82) is 0 Å². The zero-order valence-electron chi connectivity index (χ0n) is 27.7. The van der Waals surface area contributed by atoms with Gasteiger partial charge in [-0.05, 0) is 24.0 Å². The largest absolute Gasteiger partial charge is 0.480 e. The molecule has 0 aliphatic rings. The number of nitrogens with one attached hydrogen (secondary N) is 5. The Morgan fingerprint density at radius 3 is 1.63 bits per heavy atom. The smallest absolute Gasteiger partial charge is 0.328 e. The Bertz CT molecular complexity index is 1450. The van der Waals surface area contributed by atoms with E-state index in [0.717, 1.165) is 0 Å². The molecule has 0 fully saturated rings. The highest BCUT2D eigenvalue weighted by Crippen LogP contribution is 2.09. The number of quaternary nitrogens is 1. The maximum absolute atomic E-state index is 13.7. The third-order valence-electron chi connectivity index (χ3n) is 7.38. The van der Waals surface area contributed by atoms with E-state index in [1.807, 2.05) is 0 Å². The van der Waals surface area contributed by atoms with Crippen molar-refractivity contribution in [2.75, 3.05) is 6.54 Å². The van der Waals surface area contributed by atoms with Crippen LogP contribution in [0.2, 0.25) is 0 Å². The fourth-order valence-electron chi connectivity index (χ4n) is 4.70. The topological polar surface area (TPSA) is 274 Å². The van der Waals surface area contributed by atoms with E-state index in [9.17, 15) is 43.8 Å². The van der Waals surface area contributed by atoms with E-state index in [2.05, 4.69) is 32.3 Å². The lowest BCUT2D eigenvalue weighted by atomic mass is 9.99. The first-order valence-corrected chi connectivity index (χ1v) is 15.7. The molecular formula is C33H46N7O9+. The fraction of sp³-hybridized carbons (Fsp3) is 0.424. The number of carboxylic acids is 1. The van der Waals surface area contributed by atoms with E-state index in [0.29, 0.717) is 11.1 Å². The van der Waals surface area contributed by atoms with Gasteiger partial charge in [0.25, 0.3) is 5.91 Å². The summed E-state index contributed by atoms with van der Waals surface area (Å²) in [6.45, 7) is 3.88. The Hall–Kier alpha value is -5.35. The minimum Gasteiger partial charge on any atom is -0.480 e. The molecule has 2 aromatic carbocycles. The van der Waals surface area contributed by atoms with Gasteiger partial charge in [-0.15, -0.1) is 0 Å². The Morgan fingerprint density at radius 2 is 1.18 bits per heavy atom. The Kier molecular flexibility index (Phi) is 15.8. The summed E-state index contributed by atoms with van der Waals surface area (Å²) >= 11 is 0. The lowest BCUT2D eigenvalue weighted by molar-refractivity contribution is -0.402. The van der Waals surface area contributed by atoms with Crippen molar-refractivity contribution < 1.29 is 49.5 Å². The van der Waals surface area contributed by atoms with Crippen molar-refractivity contribution in [3.05, 3.63) is 71.8 Å². The zero-order valence-corrected chi connectivity index (χ0v) is 27.7. The van der Waals surface area contributed by atoms with Crippen molar-refractivity contribution in [1.82, 2.24) is 26.6 Å². The number of rotatable bonds is 19. The monoisotopic (exact) mass is 684 g/mol. The van der Waals surface area contributed by atoms with Gasteiger partial charge >= 0.3 is 5.97 Å². The van der Waals surface area contributed by atoms with Crippen LogP contribution in [-0.2, 0) is 46.4 Å². The molecule has 6 amide bonds. The summed E-state index contributed by atoms with van der Waals surface area (Å²) < 4.78 is 0. The van der Waals surface area contributed by atoms with Gasteiger partial charge < -0.3 is 48.3 Å². The molecule has 0 aliphatic carbocycles. The van der Waals surface area contributed by atoms with Crippen LogP contribution in [0.25, 0.3) is 0 Å². The van der Waals surface area contributed by atoms with Gasteiger partial charge in [0.05, 0.1) is 19.1 Å². The van der Waals surface area contributed by atoms with Crippen molar-refractivity contribution in [2.45, 2.75) is 76.3 Å². The second-order valence-electron chi connectivity index (χ2n) is 11.9. The highest BCUT2D eigenvalue weighted by atomic mass is 16.4. The molecule has 6 atom stereocenters. The number of amides is 6. The Morgan fingerprint density at radius 1 is 0.694 bits per heavy atom. The molecule has 0 saturated carbocycles. The number of hydrogen-bond donors (Lipinski definition) is 9. The molecule has 49 heavy (non-hydrogen) atoms. The third-order valence-corrected chi connectivity index (χ3v) is 7.38. The van der Waals surface area contributed by atoms with Crippen LogP contribution < -0.4 is 38.1 Å². The van der Waals surface area contributed by atoms with Crippen LogP contribution in [0.5, 0.6) is 0 Å². The first-order valence-electron chi connectivity index (χ1n) is 15.7. The Balaban J connectivity index is 2.25. The van der Waals surface area contributed by atoms with E-state index in [-0.39, 0.29) is 19.3 Å². The van der Waals surface area contributed by atoms with Gasteiger partial charge in [-0.2, -0.15) is 0 Å². The first kappa shape index (κ1) is 39.8. The second-order valence-corrected chi connectivity index (χ2v) is 11.9. The molecule has 16 nitrogen and oxygen atoms in total. The molecule has 0 unspecified atom stereocenters. The molecule has 0 aromatic heterocycles. The molecule has 0 spiro atoms. The summed E-state index contributed by atoms with van der Waals surface area (Å²) in [5, 5.41) is 31.2. The molecule has 16 heteroatoms. The number of hydrogen-bond acceptors (Lipinski definition) is 8. The molecule has 266 valence electrons. The lowest BCUT2D eigenvalue weighted by Crippen LogP contribution is -2.70. The molecule has 0 heterocycles. The van der Waals surface area contributed by atoms with Gasteiger partial charge in [0.2, 0.25) is 29.5 Å². The summed E-state index contributed by atoms with van der Waals surface area (Å²) in [5.41, 5.74) is 10.2. The number of primary amides is 1. The minimum absolute atomic E-state index is 0.00165. The van der Waals surface area contributed by atoms with Crippen molar-refractivity contribution in [3.63, 3.8) is 0 Å². The van der Waals surface area contributed by atoms with Gasteiger partial charge in [-0.3, -0.25) is 28.8 Å². The van der Waals surface area contributed by atoms with Crippen LogP contribution in [0.15, 0.2) is 60.7 Å². The predicted molar refractivity (Wildman–Crippen MR) is 176 cm³/mol. The molecule has 0 aliphatic heterocycles. The molecule has 0 bridgehead atoms. The quantitative estimate of drug-likeness (QED) is 0.0735. The number of aliphatic hydroxyl groups excluding tert-OH is 1. The summed E-state index contributed by atoms with van der Waals surface area (Å²) in [5.74, 6) is -6.47. The fourth-order valence-corrected chi connectivity index (χ4v) is 4.70. The van der Waals surface area contributed by atoms with Crippen molar-refractivity contribution >= 4 is 41.4 Å². The minimum atomic E-state index is -1.60. The summed E-state index contributed by atoms with van der Waals surface area (Å²) in [6.07, 6.45) is -1.69. The first-order chi connectivity index (χ1) is 23.1. The molecule has 2 aromatic rings. The molecule has 0 saturated heterocycles. The normalized spacial score (nSPS) is 14.6. The van der Waals surface area contributed by atoms with Crippen molar-refractivity contribution in [3.8, 4) is 0 Å².